The highest BCUT2D eigenvalue weighted by Crippen LogP contribution is 2.22. The van der Waals surface area contributed by atoms with Gasteiger partial charge in [-0.05, 0) is 24.6 Å². The van der Waals surface area contributed by atoms with Gasteiger partial charge in [0.15, 0.2) is 0 Å². The van der Waals surface area contributed by atoms with Crippen LogP contribution in [-0.4, -0.2) is 22.9 Å². The van der Waals surface area contributed by atoms with Crippen LogP contribution in [0.3, 0.4) is 0 Å². The molecule has 3 nitrogen and oxygen atoms in total. The number of phenolic OH excluding ortho intramolecular Hbond substituents is 1. The van der Waals surface area contributed by atoms with Gasteiger partial charge in [0.25, 0.3) is 5.91 Å². The number of rotatable bonds is 5. The lowest BCUT2D eigenvalue weighted by atomic mass is 10.2. The molecule has 0 aliphatic heterocycles. The van der Waals surface area contributed by atoms with Crippen LogP contribution in [0.15, 0.2) is 22.7 Å². The van der Waals surface area contributed by atoms with E-state index in [0.717, 1.165) is 17.3 Å². The van der Waals surface area contributed by atoms with Gasteiger partial charge in [-0.3, -0.25) is 4.79 Å². The van der Waals surface area contributed by atoms with Gasteiger partial charge in [-0.15, -0.1) is 11.6 Å². The maximum atomic E-state index is 11.7. The van der Waals surface area contributed by atoms with Crippen molar-refractivity contribution in [2.75, 3.05) is 6.54 Å². The van der Waals surface area contributed by atoms with Crippen LogP contribution < -0.4 is 5.32 Å². The molecule has 1 rings (SSSR count). The number of hydrogen-bond donors (Lipinski definition) is 2. The maximum Gasteiger partial charge on any atom is 0.255 e. The van der Waals surface area contributed by atoms with E-state index in [4.69, 9.17) is 11.6 Å². The molecular formula is C12H15BrClNO2. The zero-order valence-electron chi connectivity index (χ0n) is 9.54. The maximum absolute atomic E-state index is 11.7. The molecule has 1 atom stereocenters. The number of phenols is 1. The first-order valence-corrected chi connectivity index (χ1v) is 6.68. The molecule has 0 bridgehead atoms. The van der Waals surface area contributed by atoms with Gasteiger partial charge in [0.2, 0.25) is 0 Å². The van der Waals surface area contributed by atoms with Crippen molar-refractivity contribution in [3.8, 4) is 5.75 Å². The average Bonchev–Trinajstić information content (AvgIpc) is 2.26. The number of carbonyl (C=O) groups excluding carboxylic acids is 1. The van der Waals surface area contributed by atoms with Crippen LogP contribution in [0, 0.1) is 0 Å². The Kier molecular flexibility index (Phi) is 5.78. The number of nitrogens with one attached hydrogen (secondary N) is 1. The molecule has 94 valence electrons. The molecule has 0 aliphatic carbocycles. The van der Waals surface area contributed by atoms with Gasteiger partial charge in [0.1, 0.15) is 5.75 Å². The molecule has 0 spiro atoms. The number of benzene rings is 1. The molecule has 0 aromatic heterocycles. The molecule has 0 saturated carbocycles. The van der Waals surface area contributed by atoms with Crippen molar-refractivity contribution in [1.82, 2.24) is 5.32 Å². The summed E-state index contributed by atoms with van der Waals surface area (Å²) in [5, 5.41) is 12.2. The minimum atomic E-state index is -0.309. The molecule has 2 N–H and O–H groups in total. The van der Waals surface area contributed by atoms with Gasteiger partial charge < -0.3 is 10.4 Å². The first kappa shape index (κ1) is 14.3. The number of alkyl halides is 1. The van der Waals surface area contributed by atoms with Crippen LogP contribution >= 0.6 is 27.5 Å². The van der Waals surface area contributed by atoms with Crippen molar-refractivity contribution in [1.29, 1.82) is 0 Å². The van der Waals surface area contributed by atoms with Gasteiger partial charge in [0.05, 0.1) is 10.9 Å². The van der Waals surface area contributed by atoms with Crippen molar-refractivity contribution in [2.24, 2.45) is 0 Å². The summed E-state index contributed by atoms with van der Waals surface area (Å²) in [5.74, 6) is -0.352. The van der Waals surface area contributed by atoms with Crippen LogP contribution in [0.25, 0.3) is 0 Å². The third-order valence-electron chi connectivity index (χ3n) is 2.29. The Morgan fingerprint density at radius 2 is 2.29 bits per heavy atom. The highest BCUT2D eigenvalue weighted by atomic mass is 79.9. The van der Waals surface area contributed by atoms with Crippen molar-refractivity contribution in [3.05, 3.63) is 28.2 Å². The van der Waals surface area contributed by atoms with Crippen LogP contribution in [0.1, 0.15) is 30.1 Å². The lowest BCUT2D eigenvalue weighted by Gasteiger charge is -2.10. The predicted molar refractivity (Wildman–Crippen MR) is 72.7 cm³/mol. The second-order valence-electron chi connectivity index (χ2n) is 3.76. The molecule has 5 heteroatoms. The molecule has 0 fully saturated rings. The summed E-state index contributed by atoms with van der Waals surface area (Å²) in [7, 11) is 0. The topological polar surface area (TPSA) is 49.3 Å². The fourth-order valence-corrected chi connectivity index (χ4v) is 2.06. The Hall–Kier alpha value is -0.740. The standard InChI is InChI=1S/C12H15BrClNO2/c1-2-3-9(14)7-15-12(17)10-5-4-8(13)6-11(10)16/h4-6,9,16H,2-3,7H2,1H3,(H,15,17). The van der Waals surface area contributed by atoms with E-state index in [1.807, 2.05) is 6.92 Å². The highest BCUT2D eigenvalue weighted by Gasteiger charge is 2.12. The molecule has 1 aromatic rings. The monoisotopic (exact) mass is 319 g/mol. The molecule has 1 unspecified atom stereocenters. The Morgan fingerprint density at radius 1 is 1.59 bits per heavy atom. The summed E-state index contributed by atoms with van der Waals surface area (Å²) in [6, 6.07) is 4.76. The third-order valence-corrected chi connectivity index (χ3v) is 3.16. The second kappa shape index (κ2) is 6.87. The normalized spacial score (nSPS) is 12.2. The molecule has 1 amide bonds. The predicted octanol–water partition coefficient (Wildman–Crippen LogP) is 3.29. The van der Waals surface area contributed by atoms with Crippen molar-refractivity contribution in [3.63, 3.8) is 0 Å². The number of amides is 1. The largest absolute Gasteiger partial charge is 0.507 e. The molecule has 0 radical (unpaired) electrons. The molecule has 1 aromatic carbocycles. The number of carbonyl (C=O) groups is 1. The third kappa shape index (κ3) is 4.56. The van der Waals surface area contributed by atoms with E-state index >= 15 is 0 Å². The van der Waals surface area contributed by atoms with Crippen molar-refractivity contribution >= 4 is 33.4 Å². The van der Waals surface area contributed by atoms with Crippen molar-refractivity contribution < 1.29 is 9.90 Å². The zero-order valence-corrected chi connectivity index (χ0v) is 11.9. The van der Waals surface area contributed by atoms with E-state index in [1.54, 1.807) is 12.1 Å². The van der Waals surface area contributed by atoms with Crippen LogP contribution in [0.5, 0.6) is 5.75 Å². The zero-order chi connectivity index (χ0) is 12.8. The average molecular weight is 321 g/mol. The van der Waals surface area contributed by atoms with Gasteiger partial charge in [-0.2, -0.15) is 0 Å². The summed E-state index contributed by atoms with van der Waals surface area (Å²) < 4.78 is 0.729. The van der Waals surface area contributed by atoms with Crippen LogP contribution in [0.2, 0.25) is 0 Å². The van der Waals surface area contributed by atoms with Gasteiger partial charge in [-0.25, -0.2) is 0 Å². The molecule has 0 aliphatic rings. The Bertz CT molecular complexity index is 398. The smallest absolute Gasteiger partial charge is 0.255 e. The minimum Gasteiger partial charge on any atom is -0.507 e. The van der Waals surface area contributed by atoms with E-state index < -0.39 is 0 Å². The fraction of sp³-hybridized carbons (Fsp3) is 0.417. The van der Waals surface area contributed by atoms with Gasteiger partial charge in [0, 0.05) is 11.0 Å². The molecule has 0 saturated heterocycles. The summed E-state index contributed by atoms with van der Waals surface area (Å²) in [4.78, 5) is 11.7. The van der Waals surface area contributed by atoms with E-state index in [2.05, 4.69) is 21.2 Å². The number of aromatic hydroxyl groups is 1. The lowest BCUT2D eigenvalue weighted by molar-refractivity contribution is 0.0950. The van der Waals surface area contributed by atoms with Gasteiger partial charge >= 0.3 is 0 Å². The number of hydrogen-bond acceptors (Lipinski definition) is 2. The van der Waals surface area contributed by atoms with E-state index in [1.165, 1.54) is 6.07 Å². The highest BCUT2D eigenvalue weighted by molar-refractivity contribution is 9.10. The SMILES string of the molecule is CCCC(Cl)CNC(=O)c1ccc(Br)cc1O. The first-order valence-electron chi connectivity index (χ1n) is 5.45. The molecular weight excluding hydrogens is 305 g/mol. The first-order chi connectivity index (χ1) is 8.04. The summed E-state index contributed by atoms with van der Waals surface area (Å²) in [6.07, 6.45) is 1.84. The fourth-order valence-electron chi connectivity index (χ4n) is 1.41. The Labute approximate surface area is 114 Å². The quantitative estimate of drug-likeness (QED) is 0.818. The Balaban J connectivity index is 2.58. The summed E-state index contributed by atoms with van der Waals surface area (Å²) in [6.45, 7) is 2.45. The minimum absolute atomic E-state index is 0.0431. The molecule has 0 heterocycles. The van der Waals surface area contributed by atoms with E-state index in [0.29, 0.717) is 6.54 Å². The lowest BCUT2D eigenvalue weighted by Crippen LogP contribution is -2.29. The summed E-state index contributed by atoms with van der Waals surface area (Å²) in [5.41, 5.74) is 0.258. The molecule has 17 heavy (non-hydrogen) atoms. The second-order valence-corrected chi connectivity index (χ2v) is 5.29. The van der Waals surface area contributed by atoms with Crippen molar-refractivity contribution in [2.45, 2.75) is 25.1 Å². The number of halogens is 2. The van der Waals surface area contributed by atoms with E-state index in [9.17, 15) is 9.90 Å². The van der Waals surface area contributed by atoms with Gasteiger partial charge in [-0.1, -0.05) is 29.3 Å². The van der Waals surface area contributed by atoms with Crippen LogP contribution in [-0.2, 0) is 0 Å². The Morgan fingerprint density at radius 3 is 2.88 bits per heavy atom. The van der Waals surface area contributed by atoms with E-state index in [-0.39, 0.29) is 22.6 Å². The summed E-state index contributed by atoms with van der Waals surface area (Å²) >= 11 is 9.21. The van der Waals surface area contributed by atoms with Crippen LogP contribution in [0.4, 0.5) is 0 Å².